The van der Waals surface area contributed by atoms with Gasteiger partial charge in [0.2, 0.25) is 5.91 Å². The third-order valence-corrected chi connectivity index (χ3v) is 6.38. The van der Waals surface area contributed by atoms with E-state index >= 15 is 0 Å². The first-order chi connectivity index (χ1) is 14.6. The molecule has 2 aliphatic rings. The van der Waals surface area contributed by atoms with E-state index in [1.807, 2.05) is 35.5 Å². The van der Waals surface area contributed by atoms with Crippen molar-refractivity contribution in [3.63, 3.8) is 0 Å². The number of fused-ring (bicyclic) bond motifs is 2. The molecule has 2 aromatic heterocycles. The first-order valence-electron chi connectivity index (χ1n) is 10.6. The zero-order valence-electron chi connectivity index (χ0n) is 17.4. The van der Waals surface area contributed by atoms with Crippen molar-refractivity contribution in [2.24, 2.45) is 0 Å². The maximum absolute atomic E-state index is 13.1. The molecule has 3 aromatic rings. The molecule has 1 aromatic carbocycles. The lowest BCUT2D eigenvalue weighted by atomic mass is 9.85. The van der Waals surface area contributed by atoms with Crippen molar-refractivity contribution < 1.29 is 4.79 Å². The van der Waals surface area contributed by atoms with Gasteiger partial charge in [0.15, 0.2) is 0 Å². The monoisotopic (exact) mass is 401 g/mol. The molecule has 0 saturated carbocycles. The Bertz CT molecular complexity index is 1030. The van der Waals surface area contributed by atoms with Crippen molar-refractivity contribution in [3.8, 4) is 11.3 Å². The topological polar surface area (TPSA) is 54.3 Å². The normalized spacial score (nSPS) is 21.6. The molecule has 0 unspecified atom stereocenters. The van der Waals surface area contributed by atoms with Gasteiger partial charge in [0.1, 0.15) is 0 Å². The van der Waals surface area contributed by atoms with E-state index in [1.54, 1.807) is 6.20 Å². The molecule has 1 fully saturated rings. The van der Waals surface area contributed by atoms with Gasteiger partial charge in [-0.2, -0.15) is 0 Å². The Morgan fingerprint density at radius 3 is 2.70 bits per heavy atom. The Morgan fingerprint density at radius 2 is 1.90 bits per heavy atom. The van der Waals surface area contributed by atoms with Crippen molar-refractivity contribution in [1.29, 1.82) is 0 Å². The number of carbonyl (C=O) groups excluding carboxylic acids is 1. The highest BCUT2D eigenvalue weighted by molar-refractivity contribution is 5.78. The summed E-state index contributed by atoms with van der Waals surface area (Å²) in [5, 5.41) is 0. The summed E-state index contributed by atoms with van der Waals surface area (Å²) in [4.78, 5) is 26.6. The number of hydrogen-bond acceptors (Lipinski definition) is 4. The summed E-state index contributed by atoms with van der Waals surface area (Å²) in [6, 6.07) is 16.1. The lowest BCUT2D eigenvalue weighted by Crippen LogP contribution is -2.58. The van der Waals surface area contributed by atoms with Gasteiger partial charge in [-0.05, 0) is 32.0 Å². The number of nitrogens with zero attached hydrogens (tertiary/aromatic N) is 5. The number of benzene rings is 1. The largest absolute Gasteiger partial charge is 0.340 e. The molecule has 0 aliphatic carbocycles. The summed E-state index contributed by atoms with van der Waals surface area (Å²) in [6.07, 6.45) is 6.16. The molecule has 1 spiro atoms. The first-order valence-corrected chi connectivity index (χ1v) is 10.6. The summed E-state index contributed by atoms with van der Waals surface area (Å²) < 4.78 is 2.37. The third kappa shape index (κ3) is 3.41. The van der Waals surface area contributed by atoms with Gasteiger partial charge in [0.05, 0.1) is 29.7 Å². The van der Waals surface area contributed by atoms with Crippen LogP contribution in [0.5, 0.6) is 0 Å². The molecule has 1 saturated heterocycles. The first kappa shape index (κ1) is 19.0. The van der Waals surface area contributed by atoms with Crippen LogP contribution in [0.2, 0.25) is 0 Å². The Labute approximate surface area is 177 Å². The lowest BCUT2D eigenvalue weighted by Gasteiger charge is -2.49. The number of piperidine rings is 1. The number of imidazole rings is 1. The van der Waals surface area contributed by atoms with E-state index in [0.717, 1.165) is 56.0 Å². The summed E-state index contributed by atoms with van der Waals surface area (Å²) in [5.41, 5.74) is 4.15. The SMILES string of the molecule is CN1Cc2c(-c3ccccc3)ncn2[C@]2(CCCN(C(=O)Cc3ccccn3)C2)C1. The average Bonchev–Trinajstić information content (AvgIpc) is 3.20. The molecule has 6 nitrogen and oxygen atoms in total. The summed E-state index contributed by atoms with van der Waals surface area (Å²) >= 11 is 0. The molecule has 0 bridgehead atoms. The molecule has 1 amide bonds. The number of pyridine rings is 1. The van der Waals surface area contributed by atoms with Crippen molar-refractivity contribution in [2.45, 2.75) is 31.3 Å². The van der Waals surface area contributed by atoms with Gasteiger partial charge in [-0.25, -0.2) is 4.98 Å². The van der Waals surface area contributed by atoms with Crippen molar-refractivity contribution in [2.75, 3.05) is 26.7 Å². The smallest absolute Gasteiger partial charge is 0.228 e. The van der Waals surface area contributed by atoms with Crippen LogP contribution in [0.25, 0.3) is 11.3 Å². The standard InChI is InChI=1S/C24H27N5O/c1-27-15-21-23(19-8-3-2-4-9-19)26-18-29(21)24(16-27)11-7-13-28(17-24)22(30)14-20-10-5-6-12-25-20/h2-6,8-10,12,18H,7,11,13-17H2,1H3/t24-/m1/s1. The molecule has 154 valence electrons. The highest BCUT2D eigenvalue weighted by Crippen LogP contribution is 2.38. The van der Waals surface area contributed by atoms with Gasteiger partial charge in [-0.1, -0.05) is 36.4 Å². The van der Waals surface area contributed by atoms with E-state index < -0.39 is 0 Å². The second kappa shape index (κ2) is 7.69. The Hall–Kier alpha value is -2.99. The van der Waals surface area contributed by atoms with Gasteiger partial charge in [0.25, 0.3) is 0 Å². The lowest BCUT2D eigenvalue weighted by molar-refractivity contribution is -0.134. The van der Waals surface area contributed by atoms with Crippen LogP contribution in [0.4, 0.5) is 0 Å². The van der Waals surface area contributed by atoms with Crippen molar-refractivity contribution in [3.05, 3.63) is 72.4 Å². The zero-order chi connectivity index (χ0) is 20.6. The van der Waals surface area contributed by atoms with Crippen LogP contribution < -0.4 is 0 Å². The fraction of sp³-hybridized carbons (Fsp3) is 0.375. The minimum atomic E-state index is -0.125. The van der Waals surface area contributed by atoms with Crippen LogP contribution in [0.3, 0.4) is 0 Å². The van der Waals surface area contributed by atoms with E-state index in [4.69, 9.17) is 4.98 Å². The number of carbonyl (C=O) groups is 1. The molecule has 6 heteroatoms. The van der Waals surface area contributed by atoms with Gasteiger partial charge < -0.3 is 9.47 Å². The van der Waals surface area contributed by atoms with Gasteiger partial charge in [-0.3, -0.25) is 14.7 Å². The predicted molar refractivity (Wildman–Crippen MR) is 116 cm³/mol. The number of rotatable bonds is 3. The summed E-state index contributed by atoms with van der Waals surface area (Å²) in [7, 11) is 2.17. The summed E-state index contributed by atoms with van der Waals surface area (Å²) in [5.74, 6) is 0.158. The molecule has 0 N–H and O–H groups in total. The maximum atomic E-state index is 13.1. The number of aromatic nitrogens is 3. The van der Waals surface area contributed by atoms with Crippen LogP contribution in [-0.4, -0.2) is 56.9 Å². The summed E-state index contributed by atoms with van der Waals surface area (Å²) in [6.45, 7) is 3.33. The van der Waals surface area contributed by atoms with Gasteiger partial charge in [-0.15, -0.1) is 0 Å². The molecule has 5 rings (SSSR count). The van der Waals surface area contributed by atoms with Crippen LogP contribution in [-0.2, 0) is 23.3 Å². The molecular formula is C24H27N5O. The molecule has 2 aliphatic heterocycles. The predicted octanol–water partition coefficient (Wildman–Crippen LogP) is 2.95. The van der Waals surface area contributed by atoms with Gasteiger partial charge >= 0.3 is 0 Å². The maximum Gasteiger partial charge on any atom is 0.228 e. The molecule has 30 heavy (non-hydrogen) atoms. The fourth-order valence-corrected chi connectivity index (χ4v) is 5.08. The second-order valence-electron chi connectivity index (χ2n) is 8.59. The molecule has 0 radical (unpaired) electrons. The Balaban J connectivity index is 1.45. The highest BCUT2D eigenvalue weighted by atomic mass is 16.2. The minimum absolute atomic E-state index is 0.125. The number of likely N-dealkylation sites (N-methyl/N-ethyl adjacent to an activating group) is 1. The van der Waals surface area contributed by atoms with E-state index in [9.17, 15) is 4.79 Å². The quantitative estimate of drug-likeness (QED) is 0.677. The minimum Gasteiger partial charge on any atom is -0.340 e. The highest BCUT2D eigenvalue weighted by Gasteiger charge is 2.43. The molecular weight excluding hydrogens is 374 g/mol. The average molecular weight is 402 g/mol. The fourth-order valence-electron chi connectivity index (χ4n) is 5.08. The third-order valence-electron chi connectivity index (χ3n) is 6.38. The molecule has 1 atom stereocenters. The number of likely N-dealkylation sites (tertiary alicyclic amines) is 1. The van der Waals surface area contributed by atoms with Gasteiger partial charge in [0, 0.05) is 43.6 Å². The number of amides is 1. The van der Waals surface area contributed by atoms with E-state index in [1.165, 1.54) is 5.69 Å². The van der Waals surface area contributed by atoms with Crippen LogP contribution in [0, 0.1) is 0 Å². The van der Waals surface area contributed by atoms with E-state index in [2.05, 4.69) is 45.8 Å². The Morgan fingerprint density at radius 1 is 1.07 bits per heavy atom. The van der Waals surface area contributed by atoms with Crippen LogP contribution in [0.1, 0.15) is 24.2 Å². The van der Waals surface area contributed by atoms with Crippen molar-refractivity contribution in [1.82, 2.24) is 24.3 Å². The van der Waals surface area contributed by atoms with Crippen molar-refractivity contribution >= 4 is 5.91 Å². The zero-order valence-corrected chi connectivity index (χ0v) is 17.4. The van der Waals surface area contributed by atoms with E-state index in [0.29, 0.717) is 6.42 Å². The van der Waals surface area contributed by atoms with Crippen LogP contribution >= 0.6 is 0 Å². The van der Waals surface area contributed by atoms with E-state index in [-0.39, 0.29) is 11.4 Å². The molecule has 4 heterocycles. The number of hydrogen-bond donors (Lipinski definition) is 0. The van der Waals surface area contributed by atoms with Crippen LogP contribution in [0.15, 0.2) is 61.1 Å². The second-order valence-corrected chi connectivity index (χ2v) is 8.59. The Kier molecular flexibility index (Phi) is 4.87.